The smallest absolute Gasteiger partial charge is 0.0109 e. The van der Waals surface area contributed by atoms with Gasteiger partial charge in [-0.25, -0.2) is 0 Å². The molecule has 0 aromatic carbocycles. The second kappa shape index (κ2) is 3.73. The predicted molar refractivity (Wildman–Crippen MR) is 73.8 cm³/mol. The van der Waals surface area contributed by atoms with Crippen LogP contribution in [-0.2, 0) is 0 Å². The van der Waals surface area contributed by atoms with Gasteiger partial charge >= 0.3 is 0 Å². The molecule has 0 N–H and O–H groups in total. The number of fused-ring (bicyclic) bond motifs is 3. The zero-order valence-corrected chi connectivity index (χ0v) is 11.6. The minimum absolute atomic E-state index is 0.569. The summed E-state index contributed by atoms with van der Waals surface area (Å²) in [6.07, 6.45) is 15.5. The first-order valence-corrected chi connectivity index (χ1v) is 7.40. The van der Waals surface area contributed by atoms with Crippen molar-refractivity contribution < 1.29 is 0 Å². The van der Waals surface area contributed by atoms with Crippen molar-refractivity contribution in [1.29, 1.82) is 0 Å². The number of hydrogen-bond donors (Lipinski definition) is 0. The van der Waals surface area contributed by atoms with E-state index in [4.69, 9.17) is 0 Å². The average molecular weight is 230 g/mol. The summed E-state index contributed by atoms with van der Waals surface area (Å²) in [6.45, 7) is 7.63. The lowest BCUT2D eigenvalue weighted by atomic mass is 9.47. The second-order valence-corrected chi connectivity index (χ2v) is 7.40. The molecule has 0 saturated heterocycles. The molecule has 0 heterocycles. The van der Waals surface area contributed by atoms with Gasteiger partial charge in [0.05, 0.1) is 0 Å². The number of rotatable bonds is 0. The van der Waals surface area contributed by atoms with Crippen LogP contribution in [0.5, 0.6) is 0 Å². The van der Waals surface area contributed by atoms with Crippen LogP contribution < -0.4 is 0 Å². The summed E-state index contributed by atoms with van der Waals surface area (Å²) in [5, 5.41) is 0. The lowest BCUT2D eigenvalue weighted by molar-refractivity contribution is -0.0516. The molecule has 0 aliphatic heterocycles. The molecule has 3 aliphatic carbocycles. The van der Waals surface area contributed by atoms with Gasteiger partial charge in [0.15, 0.2) is 0 Å². The Morgan fingerprint density at radius 3 is 2.82 bits per heavy atom. The van der Waals surface area contributed by atoms with E-state index >= 15 is 0 Å². The lowest BCUT2D eigenvalue weighted by Gasteiger charge is -2.58. The minimum atomic E-state index is 0.569. The summed E-state index contributed by atoms with van der Waals surface area (Å²) < 4.78 is 0. The molecule has 94 valence electrons. The molecule has 0 bridgehead atoms. The van der Waals surface area contributed by atoms with E-state index in [0.717, 1.165) is 11.8 Å². The first kappa shape index (κ1) is 11.6. The molecule has 0 amide bonds. The van der Waals surface area contributed by atoms with Crippen molar-refractivity contribution in [3.05, 3.63) is 23.8 Å². The van der Waals surface area contributed by atoms with Gasteiger partial charge in [0, 0.05) is 0 Å². The van der Waals surface area contributed by atoms with Crippen LogP contribution in [0.15, 0.2) is 23.8 Å². The molecule has 3 atom stereocenters. The first-order valence-electron chi connectivity index (χ1n) is 7.40. The predicted octanol–water partition coefficient (Wildman–Crippen LogP) is 5.12. The van der Waals surface area contributed by atoms with Crippen molar-refractivity contribution >= 4 is 0 Å². The Labute approximate surface area is 106 Å². The van der Waals surface area contributed by atoms with Crippen molar-refractivity contribution in [2.45, 2.75) is 59.3 Å². The molecule has 2 unspecified atom stereocenters. The molecule has 2 fully saturated rings. The fourth-order valence-electron chi connectivity index (χ4n) is 5.24. The van der Waals surface area contributed by atoms with E-state index in [1.54, 1.807) is 5.57 Å². The molecule has 0 heteroatoms. The quantitative estimate of drug-likeness (QED) is 0.542. The van der Waals surface area contributed by atoms with Gasteiger partial charge in [-0.15, -0.1) is 0 Å². The fourth-order valence-corrected chi connectivity index (χ4v) is 5.24. The van der Waals surface area contributed by atoms with E-state index in [1.165, 1.54) is 38.5 Å². The molecule has 0 aromatic heterocycles. The van der Waals surface area contributed by atoms with Gasteiger partial charge in [0.1, 0.15) is 0 Å². The van der Waals surface area contributed by atoms with Crippen LogP contribution in [-0.4, -0.2) is 0 Å². The Bertz CT molecular complexity index is 371. The molecule has 2 saturated carbocycles. The maximum atomic E-state index is 2.59. The van der Waals surface area contributed by atoms with Gasteiger partial charge < -0.3 is 0 Å². The highest BCUT2D eigenvalue weighted by molar-refractivity contribution is 5.27. The summed E-state index contributed by atoms with van der Waals surface area (Å²) in [4.78, 5) is 0. The highest BCUT2D eigenvalue weighted by Crippen LogP contribution is 2.62. The zero-order valence-electron chi connectivity index (χ0n) is 11.6. The summed E-state index contributed by atoms with van der Waals surface area (Å²) >= 11 is 0. The molecule has 0 radical (unpaired) electrons. The van der Waals surface area contributed by atoms with Gasteiger partial charge in [-0.05, 0) is 54.8 Å². The maximum Gasteiger partial charge on any atom is -0.0109 e. The monoisotopic (exact) mass is 230 g/mol. The highest BCUT2D eigenvalue weighted by atomic mass is 14.6. The normalized spacial score (nSPS) is 43.6. The number of hydrogen-bond acceptors (Lipinski definition) is 0. The van der Waals surface area contributed by atoms with Crippen LogP contribution in [0.2, 0.25) is 0 Å². The second-order valence-electron chi connectivity index (χ2n) is 7.40. The minimum Gasteiger partial charge on any atom is -0.0839 e. The molecule has 0 nitrogen and oxygen atoms in total. The Kier molecular flexibility index (Phi) is 2.54. The van der Waals surface area contributed by atoms with Gasteiger partial charge in [-0.2, -0.15) is 0 Å². The van der Waals surface area contributed by atoms with E-state index in [1.807, 2.05) is 0 Å². The van der Waals surface area contributed by atoms with E-state index in [-0.39, 0.29) is 0 Å². The van der Waals surface area contributed by atoms with Crippen LogP contribution in [0.25, 0.3) is 0 Å². The maximum absolute atomic E-state index is 2.59. The average Bonchev–Trinajstić information content (AvgIpc) is 2.28. The Hall–Kier alpha value is -0.520. The van der Waals surface area contributed by atoms with Crippen molar-refractivity contribution in [2.24, 2.45) is 22.7 Å². The van der Waals surface area contributed by atoms with Gasteiger partial charge in [-0.1, -0.05) is 51.0 Å². The third kappa shape index (κ3) is 1.63. The van der Waals surface area contributed by atoms with Crippen molar-refractivity contribution in [2.75, 3.05) is 0 Å². The van der Waals surface area contributed by atoms with Crippen molar-refractivity contribution in [3.8, 4) is 0 Å². The van der Waals surface area contributed by atoms with Crippen LogP contribution >= 0.6 is 0 Å². The number of allylic oxidation sites excluding steroid dienone is 4. The van der Waals surface area contributed by atoms with E-state index in [2.05, 4.69) is 39.0 Å². The van der Waals surface area contributed by atoms with Crippen LogP contribution in [0.1, 0.15) is 59.3 Å². The zero-order chi connectivity index (χ0) is 12.1. The molecule has 3 rings (SSSR count). The Balaban J connectivity index is 1.98. The standard InChI is InChI=1S/C17H26/c1-16(2)11-6-12-17(3)14-8-5-4-7-13(14)9-10-15(16)17/h4-5,7,14-15H,6,8-12H2,1-3H3/t14?,15?,17-/m1/s1. The molecular formula is C17H26. The van der Waals surface area contributed by atoms with E-state index < -0.39 is 0 Å². The van der Waals surface area contributed by atoms with Crippen LogP contribution in [0.3, 0.4) is 0 Å². The fraction of sp³-hybridized carbons (Fsp3) is 0.765. The largest absolute Gasteiger partial charge is 0.0839 e. The van der Waals surface area contributed by atoms with Gasteiger partial charge in [0.2, 0.25) is 0 Å². The Morgan fingerprint density at radius 1 is 1.18 bits per heavy atom. The van der Waals surface area contributed by atoms with E-state index in [0.29, 0.717) is 10.8 Å². The van der Waals surface area contributed by atoms with Crippen LogP contribution in [0.4, 0.5) is 0 Å². The highest BCUT2D eigenvalue weighted by Gasteiger charge is 2.52. The molecule has 3 aliphatic rings. The lowest BCUT2D eigenvalue weighted by Crippen LogP contribution is -2.49. The summed E-state index contributed by atoms with van der Waals surface area (Å²) in [5.74, 6) is 1.79. The molecule has 17 heavy (non-hydrogen) atoms. The van der Waals surface area contributed by atoms with Crippen molar-refractivity contribution in [3.63, 3.8) is 0 Å². The molecule has 0 spiro atoms. The van der Waals surface area contributed by atoms with Gasteiger partial charge in [0.25, 0.3) is 0 Å². The summed E-state index contributed by atoms with van der Waals surface area (Å²) in [6, 6.07) is 0. The van der Waals surface area contributed by atoms with Crippen molar-refractivity contribution in [1.82, 2.24) is 0 Å². The summed E-state index contributed by atoms with van der Waals surface area (Å²) in [7, 11) is 0. The Morgan fingerprint density at radius 2 is 2.00 bits per heavy atom. The first-order chi connectivity index (χ1) is 8.04. The van der Waals surface area contributed by atoms with Crippen LogP contribution in [0, 0.1) is 22.7 Å². The third-order valence-corrected chi connectivity index (χ3v) is 6.06. The topological polar surface area (TPSA) is 0 Å². The SMILES string of the molecule is CC1(C)CCC[C@]2(C)C3CC=CC=C3CCC12. The molecule has 0 aromatic rings. The third-order valence-electron chi connectivity index (χ3n) is 6.06. The molecular weight excluding hydrogens is 204 g/mol. The summed E-state index contributed by atoms with van der Waals surface area (Å²) in [5.41, 5.74) is 2.90. The van der Waals surface area contributed by atoms with E-state index in [9.17, 15) is 0 Å². The van der Waals surface area contributed by atoms with Gasteiger partial charge in [-0.3, -0.25) is 0 Å².